The predicted molar refractivity (Wildman–Crippen MR) is 162 cm³/mol. The van der Waals surface area contributed by atoms with Gasteiger partial charge in [-0.15, -0.1) is 0 Å². The van der Waals surface area contributed by atoms with Crippen LogP contribution in [0.2, 0.25) is 0 Å². The van der Waals surface area contributed by atoms with Crippen molar-refractivity contribution in [2.75, 3.05) is 18.4 Å². The first kappa shape index (κ1) is 35.9. The van der Waals surface area contributed by atoms with Crippen LogP contribution in [0.25, 0.3) is 0 Å². The third kappa shape index (κ3) is 12.1. The Morgan fingerprint density at radius 1 is 1.05 bits per heavy atom. The van der Waals surface area contributed by atoms with E-state index in [0.717, 1.165) is 5.56 Å². The number of unbranched alkanes of at least 4 members (excludes halogenated alkanes) is 1. The van der Waals surface area contributed by atoms with Gasteiger partial charge in [-0.05, 0) is 49.3 Å². The SMILES string of the molecule is CC(=O)OCc1ccc(NC(=O)C(CCCNC(N)=O)CC(=O)C(NC(=O)CCCCN2C(=O)CC(C)C2=O)C(C)C)cc1. The van der Waals surface area contributed by atoms with Gasteiger partial charge in [0.1, 0.15) is 6.61 Å². The molecule has 242 valence electrons. The summed E-state index contributed by atoms with van der Waals surface area (Å²) >= 11 is 0. The van der Waals surface area contributed by atoms with Crippen molar-refractivity contribution in [2.45, 2.75) is 85.3 Å². The van der Waals surface area contributed by atoms with E-state index in [1.165, 1.54) is 11.8 Å². The zero-order valence-electron chi connectivity index (χ0n) is 26.0. The summed E-state index contributed by atoms with van der Waals surface area (Å²) < 4.78 is 4.97. The van der Waals surface area contributed by atoms with Gasteiger partial charge >= 0.3 is 12.0 Å². The Kier molecular flexibility index (Phi) is 14.5. The number of nitrogens with two attached hydrogens (primary N) is 1. The normalized spacial score (nSPS) is 15.9. The number of hydrogen-bond acceptors (Lipinski definition) is 8. The van der Waals surface area contributed by atoms with Crippen LogP contribution in [-0.4, -0.2) is 65.4 Å². The number of esters is 1. The van der Waals surface area contributed by atoms with E-state index in [4.69, 9.17) is 10.5 Å². The van der Waals surface area contributed by atoms with Gasteiger partial charge in [0.2, 0.25) is 23.6 Å². The summed E-state index contributed by atoms with van der Waals surface area (Å²) in [5, 5.41) is 8.08. The molecule has 1 saturated heterocycles. The molecule has 0 aromatic heterocycles. The van der Waals surface area contributed by atoms with Gasteiger partial charge in [-0.1, -0.05) is 32.9 Å². The molecule has 13 heteroatoms. The van der Waals surface area contributed by atoms with Crippen molar-refractivity contribution in [3.8, 4) is 0 Å². The second kappa shape index (κ2) is 17.7. The van der Waals surface area contributed by atoms with E-state index in [1.54, 1.807) is 45.0 Å². The molecule has 6 amide bonds. The number of anilines is 1. The van der Waals surface area contributed by atoms with Gasteiger partial charge in [0, 0.05) is 56.8 Å². The number of urea groups is 1. The summed E-state index contributed by atoms with van der Waals surface area (Å²) in [6.45, 7) is 7.24. The number of likely N-dealkylation sites (tertiary alicyclic amines) is 1. The summed E-state index contributed by atoms with van der Waals surface area (Å²) in [5.41, 5.74) is 6.37. The quantitative estimate of drug-likeness (QED) is 0.110. The van der Waals surface area contributed by atoms with Crippen molar-refractivity contribution in [3.63, 3.8) is 0 Å². The lowest BCUT2D eigenvalue weighted by Crippen LogP contribution is -2.45. The molecule has 0 radical (unpaired) electrons. The Bertz CT molecular complexity index is 1200. The first-order valence-electron chi connectivity index (χ1n) is 15.0. The zero-order chi connectivity index (χ0) is 32.8. The van der Waals surface area contributed by atoms with Crippen molar-refractivity contribution >= 4 is 47.1 Å². The minimum absolute atomic E-state index is 0.104. The standard InChI is InChI=1S/C31H45N5O8/c1-19(2)28(35-26(39)9-5-6-15-36-27(40)16-20(3)30(36)42)25(38)17-23(8-7-14-33-31(32)43)29(41)34-24-12-10-22(11-13-24)18-44-21(4)37/h10-13,19-20,23,28H,5-9,14-18H2,1-4H3,(H,34,41)(H,35,39)(H3,32,33,43). The number of nitrogens with zero attached hydrogens (tertiary/aromatic N) is 1. The lowest BCUT2D eigenvalue weighted by Gasteiger charge is -2.24. The monoisotopic (exact) mass is 615 g/mol. The average Bonchev–Trinajstić information content (AvgIpc) is 3.20. The molecule has 1 aliphatic heterocycles. The van der Waals surface area contributed by atoms with Gasteiger partial charge in [-0.3, -0.25) is 33.7 Å². The number of carbonyl (C=O) groups excluding carboxylic acids is 7. The number of carbonyl (C=O) groups is 7. The fraction of sp³-hybridized carbons (Fsp3) is 0.581. The van der Waals surface area contributed by atoms with Crippen molar-refractivity contribution < 1.29 is 38.3 Å². The van der Waals surface area contributed by atoms with Crippen LogP contribution in [0.5, 0.6) is 0 Å². The maximum atomic E-state index is 13.4. The number of hydrogen-bond donors (Lipinski definition) is 4. The number of amides is 6. The third-order valence-electron chi connectivity index (χ3n) is 7.35. The fourth-order valence-electron chi connectivity index (χ4n) is 4.87. The van der Waals surface area contributed by atoms with E-state index >= 15 is 0 Å². The van der Waals surface area contributed by atoms with Crippen LogP contribution >= 0.6 is 0 Å². The van der Waals surface area contributed by atoms with Gasteiger partial charge in [0.25, 0.3) is 0 Å². The van der Waals surface area contributed by atoms with E-state index < -0.39 is 24.0 Å². The summed E-state index contributed by atoms with van der Waals surface area (Å²) in [6.07, 6.45) is 1.80. The molecule has 1 fully saturated rings. The van der Waals surface area contributed by atoms with Crippen LogP contribution in [0, 0.1) is 17.8 Å². The molecule has 1 aliphatic rings. The molecule has 1 heterocycles. The Morgan fingerprint density at radius 2 is 1.73 bits per heavy atom. The third-order valence-corrected chi connectivity index (χ3v) is 7.35. The summed E-state index contributed by atoms with van der Waals surface area (Å²) in [7, 11) is 0. The minimum Gasteiger partial charge on any atom is -0.461 e. The molecule has 44 heavy (non-hydrogen) atoms. The highest BCUT2D eigenvalue weighted by molar-refractivity contribution is 6.03. The summed E-state index contributed by atoms with van der Waals surface area (Å²) in [4.78, 5) is 86.7. The molecule has 0 saturated carbocycles. The number of Topliss-reactive ketones (excluding diaryl/α,β-unsaturated/α-hetero) is 1. The molecule has 1 aromatic rings. The summed E-state index contributed by atoms with van der Waals surface area (Å²) in [5.74, 6) is -3.10. The van der Waals surface area contributed by atoms with Crippen LogP contribution in [-0.2, 0) is 40.1 Å². The van der Waals surface area contributed by atoms with Crippen molar-refractivity contribution in [1.29, 1.82) is 0 Å². The van der Waals surface area contributed by atoms with E-state index in [2.05, 4.69) is 16.0 Å². The molecule has 0 bridgehead atoms. The maximum absolute atomic E-state index is 13.4. The Labute approximate surface area is 258 Å². The molecule has 0 aliphatic carbocycles. The van der Waals surface area contributed by atoms with E-state index in [-0.39, 0.29) is 86.6 Å². The van der Waals surface area contributed by atoms with Gasteiger partial charge in [0.05, 0.1) is 6.04 Å². The van der Waals surface area contributed by atoms with Crippen LogP contribution < -0.4 is 21.7 Å². The smallest absolute Gasteiger partial charge is 0.312 e. The minimum atomic E-state index is -0.815. The van der Waals surface area contributed by atoms with Gasteiger partial charge < -0.3 is 26.4 Å². The molecule has 3 atom stereocenters. The largest absolute Gasteiger partial charge is 0.461 e. The van der Waals surface area contributed by atoms with E-state index in [0.29, 0.717) is 24.9 Å². The summed E-state index contributed by atoms with van der Waals surface area (Å²) in [6, 6.07) is 5.24. The molecule has 2 rings (SSSR count). The first-order chi connectivity index (χ1) is 20.8. The lowest BCUT2D eigenvalue weighted by molar-refractivity contribution is -0.142. The Balaban J connectivity index is 1.97. The van der Waals surface area contributed by atoms with Crippen LogP contribution in [0.4, 0.5) is 10.5 Å². The van der Waals surface area contributed by atoms with Crippen LogP contribution in [0.1, 0.15) is 78.2 Å². The highest BCUT2D eigenvalue weighted by Gasteiger charge is 2.35. The average molecular weight is 616 g/mol. The molecule has 1 aromatic carbocycles. The Morgan fingerprint density at radius 3 is 2.30 bits per heavy atom. The second-order valence-corrected chi connectivity index (χ2v) is 11.5. The molecular weight excluding hydrogens is 570 g/mol. The number of ketones is 1. The Hall–Kier alpha value is -4.29. The van der Waals surface area contributed by atoms with Crippen molar-refractivity contribution in [3.05, 3.63) is 29.8 Å². The highest BCUT2D eigenvalue weighted by Crippen LogP contribution is 2.21. The second-order valence-electron chi connectivity index (χ2n) is 11.5. The molecule has 5 N–H and O–H groups in total. The molecule has 3 unspecified atom stereocenters. The number of rotatable bonds is 18. The topological polar surface area (TPSA) is 194 Å². The zero-order valence-corrected chi connectivity index (χ0v) is 26.0. The predicted octanol–water partition coefficient (Wildman–Crippen LogP) is 2.42. The number of imide groups is 1. The highest BCUT2D eigenvalue weighted by atomic mass is 16.5. The van der Waals surface area contributed by atoms with Crippen LogP contribution in [0.15, 0.2) is 24.3 Å². The number of ether oxygens (including phenoxy) is 1. The molecule has 0 spiro atoms. The van der Waals surface area contributed by atoms with Crippen molar-refractivity contribution in [1.82, 2.24) is 15.5 Å². The van der Waals surface area contributed by atoms with Gasteiger partial charge in [0.15, 0.2) is 5.78 Å². The molecule has 13 nitrogen and oxygen atoms in total. The number of nitrogens with one attached hydrogen (secondary N) is 3. The first-order valence-corrected chi connectivity index (χ1v) is 15.0. The van der Waals surface area contributed by atoms with E-state index in [1.807, 2.05) is 0 Å². The lowest BCUT2D eigenvalue weighted by atomic mass is 9.89. The number of primary amides is 1. The number of benzene rings is 1. The van der Waals surface area contributed by atoms with Crippen molar-refractivity contribution in [2.24, 2.45) is 23.5 Å². The van der Waals surface area contributed by atoms with Gasteiger partial charge in [-0.2, -0.15) is 0 Å². The van der Waals surface area contributed by atoms with Gasteiger partial charge in [-0.25, -0.2) is 4.79 Å². The maximum Gasteiger partial charge on any atom is 0.312 e. The van der Waals surface area contributed by atoms with E-state index in [9.17, 15) is 33.6 Å². The molecular formula is C31H45N5O8. The fourth-order valence-corrected chi connectivity index (χ4v) is 4.87. The van der Waals surface area contributed by atoms with Crippen LogP contribution in [0.3, 0.4) is 0 Å².